The number of amides is 1. The second-order valence-electron chi connectivity index (χ2n) is 5.21. The van der Waals surface area contributed by atoms with E-state index >= 15 is 0 Å². The lowest BCUT2D eigenvalue weighted by molar-refractivity contribution is 0.0768. The van der Waals surface area contributed by atoms with E-state index in [0.717, 1.165) is 25.9 Å². The number of piperidine rings is 1. The smallest absolute Gasteiger partial charge is 0.256 e. The van der Waals surface area contributed by atoms with Gasteiger partial charge in [-0.1, -0.05) is 12.1 Å². The number of halogens is 2. The summed E-state index contributed by atoms with van der Waals surface area (Å²) in [5.74, 6) is -0.305. The SMILES string of the molecule is CCN(CC)C(=O)c1cccc(C2CCNCC2)c1F.Cl. The monoisotopic (exact) mass is 314 g/mol. The van der Waals surface area contributed by atoms with Crippen molar-refractivity contribution in [1.29, 1.82) is 0 Å². The van der Waals surface area contributed by atoms with Crippen molar-refractivity contribution in [1.82, 2.24) is 10.2 Å². The number of rotatable bonds is 4. The van der Waals surface area contributed by atoms with Crippen molar-refractivity contribution in [2.75, 3.05) is 26.2 Å². The molecule has 118 valence electrons. The van der Waals surface area contributed by atoms with Crippen molar-refractivity contribution in [2.45, 2.75) is 32.6 Å². The highest BCUT2D eigenvalue weighted by Gasteiger charge is 2.23. The molecule has 0 radical (unpaired) electrons. The number of hydrogen-bond acceptors (Lipinski definition) is 2. The first-order valence-corrected chi connectivity index (χ1v) is 7.47. The number of carbonyl (C=O) groups is 1. The summed E-state index contributed by atoms with van der Waals surface area (Å²) < 4.78 is 14.7. The van der Waals surface area contributed by atoms with E-state index in [-0.39, 0.29) is 35.6 Å². The third-order valence-corrected chi connectivity index (χ3v) is 4.09. The first-order chi connectivity index (χ1) is 9.69. The molecule has 0 aliphatic carbocycles. The summed E-state index contributed by atoms with van der Waals surface area (Å²) in [5, 5.41) is 3.28. The molecule has 1 aliphatic rings. The van der Waals surface area contributed by atoms with E-state index in [1.54, 1.807) is 17.0 Å². The number of hydrogen-bond donors (Lipinski definition) is 1. The van der Waals surface area contributed by atoms with Crippen LogP contribution in [0.15, 0.2) is 18.2 Å². The molecular formula is C16H24ClFN2O. The van der Waals surface area contributed by atoms with Crippen LogP contribution in [0.3, 0.4) is 0 Å². The van der Waals surface area contributed by atoms with Crippen LogP contribution in [-0.2, 0) is 0 Å². The Morgan fingerprint density at radius 2 is 1.90 bits per heavy atom. The molecule has 3 nitrogen and oxygen atoms in total. The van der Waals surface area contributed by atoms with Crippen LogP contribution in [0.4, 0.5) is 4.39 Å². The summed E-state index contributed by atoms with van der Waals surface area (Å²) >= 11 is 0. The van der Waals surface area contributed by atoms with Crippen LogP contribution in [0, 0.1) is 5.82 Å². The lowest BCUT2D eigenvalue weighted by atomic mass is 9.88. The summed E-state index contributed by atoms with van der Waals surface area (Å²) in [6.45, 7) is 6.86. The van der Waals surface area contributed by atoms with Gasteiger partial charge in [-0.3, -0.25) is 4.79 Å². The highest BCUT2D eigenvalue weighted by atomic mass is 35.5. The molecule has 1 heterocycles. The number of nitrogens with one attached hydrogen (secondary N) is 1. The van der Waals surface area contributed by atoms with Crippen LogP contribution >= 0.6 is 12.4 Å². The standard InChI is InChI=1S/C16H23FN2O.ClH/c1-3-19(4-2)16(20)14-7-5-6-13(15(14)17)12-8-10-18-11-9-12;/h5-7,12,18H,3-4,8-11H2,1-2H3;1H. The second-order valence-corrected chi connectivity index (χ2v) is 5.21. The summed E-state index contributed by atoms with van der Waals surface area (Å²) in [6, 6.07) is 5.22. The van der Waals surface area contributed by atoms with Crippen molar-refractivity contribution in [3.8, 4) is 0 Å². The fourth-order valence-electron chi connectivity index (χ4n) is 2.84. The zero-order valence-corrected chi connectivity index (χ0v) is 13.5. The Kier molecular flexibility index (Phi) is 7.12. The fraction of sp³-hybridized carbons (Fsp3) is 0.562. The molecule has 0 unspecified atom stereocenters. The molecule has 0 spiro atoms. The number of nitrogens with zero attached hydrogens (tertiary/aromatic N) is 1. The molecule has 5 heteroatoms. The summed E-state index contributed by atoms with van der Waals surface area (Å²) in [5.41, 5.74) is 0.911. The van der Waals surface area contributed by atoms with E-state index in [0.29, 0.717) is 18.7 Å². The molecule has 0 saturated carbocycles. The van der Waals surface area contributed by atoms with Crippen LogP contribution in [0.25, 0.3) is 0 Å². The second kappa shape index (κ2) is 8.35. The Balaban J connectivity index is 0.00000220. The minimum atomic E-state index is -0.323. The summed E-state index contributed by atoms with van der Waals surface area (Å²) in [4.78, 5) is 14.0. The van der Waals surface area contributed by atoms with Crippen LogP contribution in [-0.4, -0.2) is 37.0 Å². The van der Waals surface area contributed by atoms with Gasteiger partial charge >= 0.3 is 0 Å². The zero-order valence-electron chi connectivity index (χ0n) is 12.7. The van der Waals surface area contributed by atoms with E-state index in [2.05, 4.69) is 5.32 Å². The molecule has 0 atom stereocenters. The molecule has 1 aromatic rings. The highest BCUT2D eigenvalue weighted by Crippen LogP contribution is 2.29. The van der Waals surface area contributed by atoms with Gasteiger partial charge in [0.15, 0.2) is 0 Å². The van der Waals surface area contributed by atoms with Crippen molar-refractivity contribution >= 4 is 18.3 Å². The fourth-order valence-corrected chi connectivity index (χ4v) is 2.84. The average molecular weight is 315 g/mol. The van der Waals surface area contributed by atoms with Gasteiger partial charge in [0.2, 0.25) is 0 Å². The lowest BCUT2D eigenvalue weighted by Gasteiger charge is -2.25. The zero-order chi connectivity index (χ0) is 14.5. The van der Waals surface area contributed by atoms with Crippen LogP contribution in [0.5, 0.6) is 0 Å². The Bertz CT molecular complexity index is 471. The van der Waals surface area contributed by atoms with Gasteiger partial charge in [-0.25, -0.2) is 4.39 Å². The van der Waals surface area contributed by atoms with Gasteiger partial charge in [0, 0.05) is 13.1 Å². The predicted molar refractivity (Wildman–Crippen MR) is 85.7 cm³/mol. The van der Waals surface area contributed by atoms with Gasteiger partial charge in [0.25, 0.3) is 5.91 Å². The Morgan fingerprint density at radius 1 is 1.29 bits per heavy atom. The molecule has 1 amide bonds. The van der Waals surface area contributed by atoms with Crippen molar-refractivity contribution in [2.24, 2.45) is 0 Å². The van der Waals surface area contributed by atoms with E-state index in [1.165, 1.54) is 0 Å². The van der Waals surface area contributed by atoms with Gasteiger partial charge in [0.1, 0.15) is 5.82 Å². The third kappa shape index (κ3) is 3.95. The van der Waals surface area contributed by atoms with Gasteiger partial charge in [-0.15, -0.1) is 12.4 Å². The minimum absolute atomic E-state index is 0. The van der Waals surface area contributed by atoms with E-state index in [4.69, 9.17) is 0 Å². The number of carbonyl (C=O) groups excluding carboxylic acids is 1. The highest BCUT2D eigenvalue weighted by molar-refractivity contribution is 5.94. The van der Waals surface area contributed by atoms with Gasteiger partial charge in [0.05, 0.1) is 5.56 Å². The van der Waals surface area contributed by atoms with Gasteiger partial charge < -0.3 is 10.2 Å². The quantitative estimate of drug-likeness (QED) is 0.925. The summed E-state index contributed by atoms with van der Waals surface area (Å²) in [6.07, 6.45) is 1.86. The van der Waals surface area contributed by atoms with Crippen LogP contribution in [0.2, 0.25) is 0 Å². The molecule has 1 aromatic carbocycles. The lowest BCUT2D eigenvalue weighted by Crippen LogP contribution is -2.32. The van der Waals surface area contributed by atoms with Gasteiger partial charge in [-0.05, 0) is 57.3 Å². The van der Waals surface area contributed by atoms with Crippen molar-refractivity contribution in [3.05, 3.63) is 35.1 Å². The molecular weight excluding hydrogens is 291 g/mol. The molecule has 1 aliphatic heterocycles. The minimum Gasteiger partial charge on any atom is -0.339 e. The summed E-state index contributed by atoms with van der Waals surface area (Å²) in [7, 11) is 0. The van der Waals surface area contributed by atoms with Crippen LogP contribution < -0.4 is 5.32 Å². The van der Waals surface area contributed by atoms with E-state index in [1.807, 2.05) is 19.9 Å². The Morgan fingerprint density at radius 3 is 2.48 bits per heavy atom. The molecule has 1 saturated heterocycles. The van der Waals surface area contributed by atoms with Crippen molar-refractivity contribution in [3.63, 3.8) is 0 Å². The van der Waals surface area contributed by atoms with Crippen molar-refractivity contribution < 1.29 is 9.18 Å². The van der Waals surface area contributed by atoms with Crippen LogP contribution in [0.1, 0.15) is 48.5 Å². The molecule has 1 fully saturated rings. The maximum absolute atomic E-state index is 14.7. The first kappa shape index (κ1) is 17.9. The maximum Gasteiger partial charge on any atom is 0.256 e. The maximum atomic E-state index is 14.7. The van der Waals surface area contributed by atoms with E-state index in [9.17, 15) is 9.18 Å². The topological polar surface area (TPSA) is 32.3 Å². The Hall–Kier alpha value is -1.13. The predicted octanol–water partition coefficient (Wildman–Crippen LogP) is 3.20. The first-order valence-electron chi connectivity index (χ1n) is 7.47. The number of benzene rings is 1. The average Bonchev–Trinajstić information content (AvgIpc) is 2.49. The normalized spacial score (nSPS) is 15.4. The Labute approximate surface area is 132 Å². The van der Waals surface area contributed by atoms with Gasteiger partial charge in [-0.2, -0.15) is 0 Å². The molecule has 0 aromatic heterocycles. The molecule has 21 heavy (non-hydrogen) atoms. The molecule has 0 bridgehead atoms. The third-order valence-electron chi connectivity index (χ3n) is 4.09. The molecule has 1 N–H and O–H groups in total. The largest absolute Gasteiger partial charge is 0.339 e. The molecule has 2 rings (SSSR count). The van der Waals surface area contributed by atoms with E-state index < -0.39 is 0 Å².